The zero-order chi connectivity index (χ0) is 14.9. The van der Waals surface area contributed by atoms with E-state index in [9.17, 15) is 18.0 Å². The molecule has 1 heterocycles. The first-order chi connectivity index (χ1) is 9.29. The highest BCUT2D eigenvalue weighted by atomic mass is 79.9. The first-order valence-electron chi connectivity index (χ1n) is 5.89. The molecule has 1 aliphatic rings. The van der Waals surface area contributed by atoms with Crippen LogP contribution in [0.3, 0.4) is 0 Å². The van der Waals surface area contributed by atoms with Crippen LogP contribution >= 0.6 is 15.9 Å². The van der Waals surface area contributed by atoms with Crippen LogP contribution in [0.25, 0.3) is 0 Å². The summed E-state index contributed by atoms with van der Waals surface area (Å²) >= 11 is 3.23. The molecule has 0 radical (unpaired) electrons. The standard InChI is InChI=1S/C13H12BrF3N2O/c14-9-1-2-10(11(18)7-9)12(20)19-5-3-8(4-6-19)13(15,16)17/h1-3,7H,4-6,18H2. The van der Waals surface area contributed by atoms with Gasteiger partial charge in [0.15, 0.2) is 0 Å². The van der Waals surface area contributed by atoms with E-state index in [1.165, 1.54) is 4.90 Å². The van der Waals surface area contributed by atoms with Gasteiger partial charge in [0.05, 0.1) is 5.56 Å². The number of carbonyl (C=O) groups excluding carboxylic acids is 1. The molecule has 0 bridgehead atoms. The van der Waals surface area contributed by atoms with Crippen LogP contribution < -0.4 is 5.73 Å². The molecule has 0 spiro atoms. The fourth-order valence-electron chi connectivity index (χ4n) is 2.01. The number of benzene rings is 1. The second-order valence-electron chi connectivity index (χ2n) is 4.46. The van der Waals surface area contributed by atoms with Gasteiger partial charge in [0.1, 0.15) is 0 Å². The summed E-state index contributed by atoms with van der Waals surface area (Å²) in [5.74, 6) is -0.354. The van der Waals surface area contributed by atoms with E-state index in [0.29, 0.717) is 11.3 Å². The average molecular weight is 349 g/mol. The third kappa shape index (κ3) is 3.15. The zero-order valence-corrected chi connectivity index (χ0v) is 12.0. The van der Waals surface area contributed by atoms with Crippen LogP contribution in [-0.2, 0) is 0 Å². The van der Waals surface area contributed by atoms with Crippen molar-refractivity contribution in [3.05, 3.63) is 39.9 Å². The summed E-state index contributed by atoms with van der Waals surface area (Å²) in [7, 11) is 0. The molecule has 0 aliphatic carbocycles. The van der Waals surface area contributed by atoms with Crippen molar-refractivity contribution < 1.29 is 18.0 Å². The number of amides is 1. The number of rotatable bonds is 1. The molecular weight excluding hydrogens is 337 g/mol. The lowest BCUT2D eigenvalue weighted by Crippen LogP contribution is -2.37. The minimum absolute atomic E-state index is 0.0413. The molecule has 1 aromatic carbocycles. The minimum Gasteiger partial charge on any atom is -0.398 e. The van der Waals surface area contributed by atoms with Crippen LogP contribution in [0.5, 0.6) is 0 Å². The topological polar surface area (TPSA) is 46.3 Å². The van der Waals surface area contributed by atoms with Gasteiger partial charge in [0.2, 0.25) is 0 Å². The van der Waals surface area contributed by atoms with Gasteiger partial charge in [-0.15, -0.1) is 0 Å². The first kappa shape index (κ1) is 14.9. The van der Waals surface area contributed by atoms with E-state index in [2.05, 4.69) is 15.9 Å². The molecule has 2 rings (SSSR count). The van der Waals surface area contributed by atoms with Crippen molar-refractivity contribution in [2.45, 2.75) is 12.6 Å². The van der Waals surface area contributed by atoms with E-state index in [0.717, 1.165) is 10.5 Å². The monoisotopic (exact) mass is 348 g/mol. The Morgan fingerprint density at radius 3 is 2.55 bits per heavy atom. The highest BCUT2D eigenvalue weighted by Crippen LogP contribution is 2.30. The summed E-state index contributed by atoms with van der Waals surface area (Å²) in [6.07, 6.45) is -3.45. The molecule has 20 heavy (non-hydrogen) atoms. The van der Waals surface area contributed by atoms with Crippen molar-refractivity contribution in [3.8, 4) is 0 Å². The molecule has 2 N–H and O–H groups in total. The molecule has 0 fully saturated rings. The molecule has 0 atom stereocenters. The summed E-state index contributed by atoms with van der Waals surface area (Å²) in [5.41, 5.74) is 5.78. The third-order valence-electron chi connectivity index (χ3n) is 3.10. The van der Waals surface area contributed by atoms with E-state index in [-0.39, 0.29) is 25.4 Å². The molecule has 1 amide bonds. The van der Waals surface area contributed by atoms with Gasteiger partial charge in [-0.1, -0.05) is 22.0 Å². The van der Waals surface area contributed by atoms with Crippen LogP contribution in [0.15, 0.2) is 34.3 Å². The lowest BCUT2D eigenvalue weighted by molar-refractivity contribution is -0.0957. The molecule has 0 aromatic heterocycles. The lowest BCUT2D eigenvalue weighted by Gasteiger charge is -2.27. The van der Waals surface area contributed by atoms with Crippen LogP contribution in [0.1, 0.15) is 16.8 Å². The van der Waals surface area contributed by atoms with Gasteiger partial charge >= 0.3 is 6.18 Å². The quantitative estimate of drug-likeness (QED) is 0.624. The maximum Gasteiger partial charge on any atom is 0.412 e. The van der Waals surface area contributed by atoms with E-state index >= 15 is 0 Å². The van der Waals surface area contributed by atoms with Gasteiger partial charge in [0, 0.05) is 28.8 Å². The predicted octanol–water partition coefficient (Wildman–Crippen LogP) is 3.37. The number of nitrogens with two attached hydrogens (primary N) is 1. The average Bonchev–Trinajstić information content (AvgIpc) is 2.37. The summed E-state index contributed by atoms with van der Waals surface area (Å²) < 4.78 is 38.3. The Morgan fingerprint density at radius 1 is 1.35 bits per heavy atom. The molecular formula is C13H12BrF3N2O. The van der Waals surface area contributed by atoms with Crippen molar-refractivity contribution in [3.63, 3.8) is 0 Å². The molecule has 1 aromatic rings. The Labute approximate surface area is 122 Å². The lowest BCUT2D eigenvalue weighted by atomic mass is 10.1. The summed E-state index contributed by atoms with van der Waals surface area (Å²) in [4.78, 5) is 13.6. The molecule has 108 valence electrons. The van der Waals surface area contributed by atoms with Crippen LogP contribution in [0.2, 0.25) is 0 Å². The fraction of sp³-hybridized carbons (Fsp3) is 0.308. The van der Waals surface area contributed by atoms with E-state index < -0.39 is 11.7 Å². The largest absolute Gasteiger partial charge is 0.412 e. The number of halogens is 4. The van der Waals surface area contributed by atoms with E-state index in [1.807, 2.05) is 0 Å². The van der Waals surface area contributed by atoms with Crippen molar-refractivity contribution in [1.82, 2.24) is 4.90 Å². The smallest absolute Gasteiger partial charge is 0.398 e. The van der Waals surface area contributed by atoms with Crippen LogP contribution in [0, 0.1) is 0 Å². The highest BCUT2D eigenvalue weighted by Gasteiger charge is 2.35. The normalized spacial score (nSPS) is 16.0. The highest BCUT2D eigenvalue weighted by molar-refractivity contribution is 9.10. The number of nitrogen functional groups attached to an aromatic ring is 1. The third-order valence-corrected chi connectivity index (χ3v) is 3.60. The second kappa shape index (κ2) is 5.47. The maximum atomic E-state index is 12.5. The minimum atomic E-state index is -4.31. The molecule has 0 saturated carbocycles. The number of alkyl halides is 3. The Kier molecular flexibility index (Phi) is 4.08. The predicted molar refractivity (Wildman–Crippen MR) is 73.2 cm³/mol. The summed E-state index contributed by atoms with van der Waals surface area (Å²) in [6.45, 7) is -0.0111. The van der Waals surface area contributed by atoms with Gasteiger partial charge in [0.25, 0.3) is 5.91 Å². The van der Waals surface area contributed by atoms with Crippen molar-refractivity contribution in [2.75, 3.05) is 18.8 Å². The van der Waals surface area contributed by atoms with Crippen LogP contribution in [-0.4, -0.2) is 30.1 Å². The number of nitrogens with zero attached hydrogens (tertiary/aromatic N) is 1. The summed E-state index contributed by atoms with van der Waals surface area (Å²) in [5, 5.41) is 0. The Balaban J connectivity index is 2.14. The number of hydrogen-bond acceptors (Lipinski definition) is 2. The second-order valence-corrected chi connectivity index (χ2v) is 5.38. The van der Waals surface area contributed by atoms with E-state index in [1.54, 1.807) is 18.2 Å². The van der Waals surface area contributed by atoms with Gasteiger partial charge in [-0.2, -0.15) is 13.2 Å². The Morgan fingerprint density at radius 2 is 2.05 bits per heavy atom. The molecule has 0 unspecified atom stereocenters. The fourth-order valence-corrected chi connectivity index (χ4v) is 2.39. The van der Waals surface area contributed by atoms with Gasteiger partial charge in [-0.3, -0.25) is 4.79 Å². The van der Waals surface area contributed by atoms with Gasteiger partial charge in [-0.05, 0) is 24.6 Å². The number of hydrogen-bond donors (Lipinski definition) is 1. The van der Waals surface area contributed by atoms with Crippen LogP contribution in [0.4, 0.5) is 18.9 Å². The van der Waals surface area contributed by atoms with Crippen molar-refractivity contribution in [1.29, 1.82) is 0 Å². The van der Waals surface area contributed by atoms with Gasteiger partial charge in [-0.25, -0.2) is 0 Å². The molecule has 7 heteroatoms. The van der Waals surface area contributed by atoms with Gasteiger partial charge < -0.3 is 10.6 Å². The molecule has 1 aliphatic heterocycles. The number of anilines is 1. The number of carbonyl (C=O) groups is 1. The van der Waals surface area contributed by atoms with E-state index in [4.69, 9.17) is 5.73 Å². The van der Waals surface area contributed by atoms with Crippen molar-refractivity contribution in [2.24, 2.45) is 0 Å². The SMILES string of the molecule is Nc1cc(Br)ccc1C(=O)N1CC=C(C(F)(F)F)CC1. The zero-order valence-electron chi connectivity index (χ0n) is 10.4. The first-order valence-corrected chi connectivity index (χ1v) is 6.69. The molecule has 0 saturated heterocycles. The Bertz CT molecular complexity index is 569. The Hall–Kier alpha value is -1.50. The van der Waals surface area contributed by atoms with Crippen molar-refractivity contribution >= 4 is 27.5 Å². The maximum absolute atomic E-state index is 12.5. The summed E-state index contributed by atoms with van der Waals surface area (Å²) in [6, 6.07) is 4.82. The molecule has 3 nitrogen and oxygen atoms in total.